The normalized spacial score (nSPS) is 11.2. The second kappa shape index (κ2) is 11.8. The molecule has 1 N–H and O–H groups in total. The Morgan fingerprint density at radius 2 is 1.57 bits per heavy atom. The minimum absolute atomic E-state index is 0.0342. The van der Waals surface area contributed by atoms with Gasteiger partial charge < -0.3 is 5.32 Å². The van der Waals surface area contributed by atoms with Crippen LogP contribution in [0.15, 0.2) is 107 Å². The first-order valence-electron chi connectivity index (χ1n) is 11.3. The van der Waals surface area contributed by atoms with Gasteiger partial charge in [0.2, 0.25) is 5.91 Å². The fourth-order valence-corrected chi connectivity index (χ4v) is 6.07. The highest BCUT2D eigenvalue weighted by atomic mass is 35.5. The Hall–Kier alpha value is -3.33. The number of carbonyl (C=O) groups is 1. The second-order valence-corrected chi connectivity index (χ2v) is 11.6. The summed E-state index contributed by atoms with van der Waals surface area (Å²) in [4.78, 5) is 13.9. The number of anilines is 2. The molecule has 0 saturated heterocycles. The Labute approximate surface area is 225 Å². The lowest BCUT2D eigenvalue weighted by atomic mass is 10.2. The molecule has 0 fully saturated rings. The fraction of sp³-hybridized carbons (Fsp3) is 0.107. The van der Waals surface area contributed by atoms with Gasteiger partial charge in [-0.1, -0.05) is 65.7 Å². The first kappa shape index (κ1) is 26.7. The molecule has 0 heterocycles. The van der Waals surface area contributed by atoms with Crippen LogP contribution in [-0.2, 0) is 20.6 Å². The Morgan fingerprint density at radius 3 is 2.27 bits per heavy atom. The molecule has 4 aromatic carbocycles. The van der Waals surface area contributed by atoms with Crippen LogP contribution >= 0.6 is 23.4 Å². The molecule has 0 aromatic heterocycles. The van der Waals surface area contributed by atoms with Crippen molar-refractivity contribution in [3.8, 4) is 0 Å². The van der Waals surface area contributed by atoms with Gasteiger partial charge in [0.15, 0.2) is 0 Å². The van der Waals surface area contributed by atoms with Crippen molar-refractivity contribution in [1.82, 2.24) is 0 Å². The molecule has 0 aliphatic heterocycles. The van der Waals surface area contributed by atoms with Crippen molar-refractivity contribution in [2.45, 2.75) is 22.5 Å². The molecule has 4 rings (SSSR count). The number of benzene rings is 4. The number of hydrogen-bond acceptors (Lipinski definition) is 4. The van der Waals surface area contributed by atoms with Crippen LogP contribution < -0.4 is 9.62 Å². The van der Waals surface area contributed by atoms with E-state index in [1.54, 1.807) is 24.3 Å². The highest BCUT2D eigenvalue weighted by Crippen LogP contribution is 2.31. The van der Waals surface area contributed by atoms with Gasteiger partial charge in [0.25, 0.3) is 10.0 Å². The maximum atomic E-state index is 14.7. The second-order valence-electron chi connectivity index (χ2n) is 8.24. The molecule has 0 unspecified atom stereocenters. The molecule has 190 valence electrons. The van der Waals surface area contributed by atoms with Gasteiger partial charge in [-0.2, -0.15) is 0 Å². The van der Waals surface area contributed by atoms with Crippen molar-refractivity contribution in [2.24, 2.45) is 0 Å². The van der Waals surface area contributed by atoms with Crippen molar-refractivity contribution >= 4 is 50.7 Å². The van der Waals surface area contributed by atoms with E-state index in [-0.39, 0.29) is 10.6 Å². The van der Waals surface area contributed by atoms with E-state index in [0.717, 1.165) is 26.4 Å². The standard InChI is InChI=1S/C28H24ClFN2O3S2/c1-20-10-16-23(17-11-20)37(34,35)32(26-8-4-2-6-24(26)30)18-28(33)31-25-7-3-5-9-27(25)36-19-21-12-14-22(29)15-13-21/h2-17H,18-19H2,1H3,(H,31,33). The lowest BCUT2D eigenvalue weighted by Crippen LogP contribution is -2.38. The van der Waals surface area contributed by atoms with Gasteiger partial charge in [-0.05, 0) is 61.0 Å². The Kier molecular flexibility index (Phi) is 8.53. The lowest BCUT2D eigenvalue weighted by Gasteiger charge is -2.24. The Morgan fingerprint density at radius 1 is 0.919 bits per heavy atom. The Bertz CT molecular complexity index is 1490. The van der Waals surface area contributed by atoms with Gasteiger partial charge in [0.05, 0.1) is 16.3 Å². The number of amides is 1. The predicted octanol–water partition coefficient (Wildman–Crippen LogP) is 6.91. The van der Waals surface area contributed by atoms with Crippen LogP contribution in [0.25, 0.3) is 0 Å². The number of aryl methyl sites for hydroxylation is 1. The number of thioether (sulfide) groups is 1. The zero-order chi connectivity index (χ0) is 26.4. The molecular weight excluding hydrogens is 531 g/mol. The average Bonchev–Trinajstić information content (AvgIpc) is 2.88. The fourth-order valence-electron chi connectivity index (χ4n) is 3.55. The van der Waals surface area contributed by atoms with Crippen molar-refractivity contribution in [1.29, 1.82) is 0 Å². The number of halogens is 2. The maximum Gasteiger partial charge on any atom is 0.264 e. The highest BCUT2D eigenvalue weighted by Gasteiger charge is 2.29. The minimum atomic E-state index is -4.22. The molecule has 1 amide bonds. The molecule has 9 heteroatoms. The molecule has 0 atom stereocenters. The molecule has 5 nitrogen and oxygen atoms in total. The van der Waals surface area contributed by atoms with Crippen LogP contribution in [0.3, 0.4) is 0 Å². The number of para-hydroxylation sites is 2. The lowest BCUT2D eigenvalue weighted by molar-refractivity contribution is -0.114. The monoisotopic (exact) mass is 554 g/mol. The van der Waals surface area contributed by atoms with E-state index >= 15 is 0 Å². The number of nitrogens with one attached hydrogen (secondary N) is 1. The van der Waals surface area contributed by atoms with Crippen molar-refractivity contribution < 1.29 is 17.6 Å². The summed E-state index contributed by atoms with van der Waals surface area (Å²) in [5, 5.41) is 3.45. The molecular formula is C28H24ClFN2O3S2. The molecule has 0 spiro atoms. The topological polar surface area (TPSA) is 66.5 Å². The highest BCUT2D eigenvalue weighted by molar-refractivity contribution is 7.98. The van der Waals surface area contributed by atoms with Gasteiger partial charge in [-0.25, -0.2) is 12.8 Å². The summed E-state index contributed by atoms with van der Waals surface area (Å²) < 4.78 is 42.5. The van der Waals surface area contributed by atoms with E-state index in [0.29, 0.717) is 16.5 Å². The van der Waals surface area contributed by atoms with E-state index in [1.807, 2.05) is 43.3 Å². The zero-order valence-electron chi connectivity index (χ0n) is 19.9. The summed E-state index contributed by atoms with van der Waals surface area (Å²) >= 11 is 7.48. The van der Waals surface area contributed by atoms with Gasteiger partial charge in [0, 0.05) is 15.7 Å². The molecule has 37 heavy (non-hydrogen) atoms. The van der Waals surface area contributed by atoms with Gasteiger partial charge in [0.1, 0.15) is 12.4 Å². The summed E-state index contributed by atoms with van der Waals surface area (Å²) in [7, 11) is -4.22. The average molecular weight is 555 g/mol. The number of rotatable bonds is 9. The smallest absolute Gasteiger partial charge is 0.264 e. The molecule has 4 aromatic rings. The van der Waals surface area contributed by atoms with Crippen LogP contribution in [0.1, 0.15) is 11.1 Å². The third-order valence-electron chi connectivity index (χ3n) is 5.49. The van der Waals surface area contributed by atoms with Crippen LogP contribution in [-0.4, -0.2) is 20.9 Å². The van der Waals surface area contributed by atoms with Crippen LogP contribution in [0.5, 0.6) is 0 Å². The minimum Gasteiger partial charge on any atom is -0.323 e. The summed E-state index contributed by atoms with van der Waals surface area (Å²) in [5.41, 5.74) is 2.27. The summed E-state index contributed by atoms with van der Waals surface area (Å²) in [6.45, 7) is 1.23. The third kappa shape index (κ3) is 6.71. The van der Waals surface area contributed by atoms with E-state index in [4.69, 9.17) is 11.6 Å². The molecule has 0 radical (unpaired) electrons. The SMILES string of the molecule is Cc1ccc(S(=O)(=O)N(CC(=O)Nc2ccccc2SCc2ccc(Cl)cc2)c2ccccc2F)cc1. The number of carbonyl (C=O) groups excluding carboxylic acids is 1. The quantitative estimate of drug-likeness (QED) is 0.228. The van der Waals surface area contributed by atoms with E-state index in [9.17, 15) is 17.6 Å². The van der Waals surface area contributed by atoms with Crippen LogP contribution in [0.4, 0.5) is 15.8 Å². The summed E-state index contributed by atoms with van der Waals surface area (Å²) in [5.74, 6) is -0.698. The number of nitrogens with zero attached hydrogens (tertiary/aromatic N) is 1. The third-order valence-corrected chi connectivity index (χ3v) is 8.66. The first-order valence-corrected chi connectivity index (χ1v) is 14.1. The molecule has 0 bridgehead atoms. The summed E-state index contributed by atoms with van der Waals surface area (Å²) in [6.07, 6.45) is 0. The number of sulfonamides is 1. The number of hydrogen-bond donors (Lipinski definition) is 1. The van der Waals surface area contributed by atoms with Gasteiger partial charge in [-0.15, -0.1) is 11.8 Å². The molecule has 0 saturated carbocycles. The molecule has 0 aliphatic rings. The van der Waals surface area contributed by atoms with Gasteiger partial charge in [-0.3, -0.25) is 9.10 Å². The first-order chi connectivity index (χ1) is 17.7. The summed E-state index contributed by atoms with van der Waals surface area (Å²) in [6, 6.07) is 26.4. The zero-order valence-corrected chi connectivity index (χ0v) is 22.3. The van der Waals surface area contributed by atoms with Crippen molar-refractivity contribution in [3.05, 3.63) is 119 Å². The van der Waals surface area contributed by atoms with Crippen LogP contribution in [0.2, 0.25) is 5.02 Å². The Balaban J connectivity index is 1.57. The van der Waals surface area contributed by atoms with Crippen LogP contribution in [0, 0.1) is 12.7 Å². The van der Waals surface area contributed by atoms with E-state index in [2.05, 4.69) is 5.32 Å². The maximum absolute atomic E-state index is 14.7. The van der Waals surface area contributed by atoms with Crippen molar-refractivity contribution in [2.75, 3.05) is 16.2 Å². The van der Waals surface area contributed by atoms with Gasteiger partial charge >= 0.3 is 0 Å². The van der Waals surface area contributed by atoms with E-state index < -0.39 is 28.3 Å². The van der Waals surface area contributed by atoms with Crippen molar-refractivity contribution in [3.63, 3.8) is 0 Å². The molecule has 0 aliphatic carbocycles. The van der Waals surface area contributed by atoms with E-state index in [1.165, 1.54) is 42.1 Å². The largest absolute Gasteiger partial charge is 0.323 e. The predicted molar refractivity (Wildman–Crippen MR) is 148 cm³/mol.